The topological polar surface area (TPSA) is 117 Å². The van der Waals surface area contributed by atoms with Gasteiger partial charge < -0.3 is 14.8 Å². The average Bonchev–Trinajstić information content (AvgIpc) is 2.85. The molecule has 0 aliphatic heterocycles. The molecule has 0 bridgehead atoms. The summed E-state index contributed by atoms with van der Waals surface area (Å²) in [7, 11) is -1.11. The Hall–Kier alpha value is -1.87. The second-order valence-electron chi connectivity index (χ2n) is 4.21. The van der Waals surface area contributed by atoms with Crippen molar-refractivity contribution < 1.29 is 27.5 Å². The van der Waals surface area contributed by atoms with Crippen LogP contribution in [0.3, 0.4) is 0 Å². The van der Waals surface area contributed by atoms with Crippen LogP contribution in [0.2, 0.25) is 0 Å². The number of amides is 1. The van der Waals surface area contributed by atoms with Gasteiger partial charge in [-0.25, -0.2) is 17.5 Å². The van der Waals surface area contributed by atoms with E-state index in [9.17, 15) is 18.0 Å². The summed E-state index contributed by atoms with van der Waals surface area (Å²) in [6, 6.07) is 0.0190. The molecule has 0 aliphatic carbocycles. The second-order valence-corrected chi connectivity index (χ2v) is 6.30. The number of rotatable bonds is 6. The van der Waals surface area contributed by atoms with Crippen LogP contribution in [-0.2, 0) is 14.8 Å². The molecule has 8 nitrogen and oxygen atoms in total. The third-order valence-electron chi connectivity index (χ3n) is 2.58. The smallest absolute Gasteiger partial charge is 0.326 e. The molecule has 20 heavy (non-hydrogen) atoms. The van der Waals surface area contributed by atoms with Gasteiger partial charge in [-0.2, -0.15) is 0 Å². The summed E-state index contributed by atoms with van der Waals surface area (Å²) in [4.78, 5) is 22.6. The summed E-state index contributed by atoms with van der Waals surface area (Å²) in [6.07, 6.45) is 1.18. The van der Waals surface area contributed by atoms with Gasteiger partial charge in [0.15, 0.2) is 0 Å². The molecule has 1 rings (SSSR count). The first-order valence-corrected chi connectivity index (χ1v) is 7.18. The minimum Gasteiger partial charge on any atom is -0.480 e. The summed E-state index contributed by atoms with van der Waals surface area (Å²) >= 11 is 0. The lowest BCUT2D eigenvalue weighted by Crippen LogP contribution is -2.40. The molecular weight excluding hydrogens is 288 g/mol. The predicted octanol–water partition coefficient (Wildman–Crippen LogP) is 0.123. The van der Waals surface area contributed by atoms with Crippen molar-refractivity contribution in [1.82, 2.24) is 9.62 Å². The van der Waals surface area contributed by atoms with Gasteiger partial charge in [-0.1, -0.05) is 6.92 Å². The van der Waals surface area contributed by atoms with E-state index in [1.165, 1.54) is 14.1 Å². The number of carbonyl (C=O) groups excluding carboxylic acids is 1. The van der Waals surface area contributed by atoms with Gasteiger partial charge in [0.2, 0.25) is 5.09 Å². The average molecular weight is 304 g/mol. The van der Waals surface area contributed by atoms with Gasteiger partial charge in [0.1, 0.15) is 12.3 Å². The maximum absolute atomic E-state index is 11.8. The molecule has 0 aliphatic rings. The number of aliphatic carboxylic acids is 1. The third kappa shape index (κ3) is 3.36. The molecule has 1 amide bonds. The Labute approximate surface area is 116 Å². The van der Waals surface area contributed by atoms with Crippen LogP contribution in [-0.4, -0.2) is 49.8 Å². The maximum Gasteiger partial charge on any atom is 0.326 e. The quantitative estimate of drug-likeness (QED) is 0.771. The maximum atomic E-state index is 11.8. The van der Waals surface area contributed by atoms with Crippen LogP contribution < -0.4 is 5.32 Å². The van der Waals surface area contributed by atoms with Crippen molar-refractivity contribution in [3.63, 3.8) is 0 Å². The van der Waals surface area contributed by atoms with Crippen molar-refractivity contribution >= 4 is 21.9 Å². The Bertz CT molecular complexity index is 604. The number of hydrogen-bond acceptors (Lipinski definition) is 5. The van der Waals surface area contributed by atoms with E-state index in [4.69, 9.17) is 9.52 Å². The van der Waals surface area contributed by atoms with Crippen molar-refractivity contribution in [1.29, 1.82) is 0 Å². The number of nitrogens with zero attached hydrogens (tertiary/aromatic N) is 1. The summed E-state index contributed by atoms with van der Waals surface area (Å²) in [5.74, 6) is -1.87. The Balaban J connectivity index is 2.93. The monoisotopic (exact) mass is 304 g/mol. The molecule has 1 unspecified atom stereocenters. The number of carbonyl (C=O) groups is 2. The van der Waals surface area contributed by atoms with Crippen LogP contribution in [0.4, 0.5) is 0 Å². The van der Waals surface area contributed by atoms with E-state index in [2.05, 4.69) is 5.32 Å². The Morgan fingerprint density at radius 2 is 2.05 bits per heavy atom. The van der Waals surface area contributed by atoms with E-state index in [0.717, 1.165) is 16.6 Å². The Morgan fingerprint density at radius 1 is 1.45 bits per heavy atom. The number of furan rings is 1. The number of carboxylic acid groups (broad SMARTS) is 1. The highest BCUT2D eigenvalue weighted by molar-refractivity contribution is 7.88. The fourth-order valence-electron chi connectivity index (χ4n) is 1.33. The van der Waals surface area contributed by atoms with Gasteiger partial charge in [-0.05, 0) is 6.42 Å². The number of sulfonamides is 1. The largest absolute Gasteiger partial charge is 0.480 e. The van der Waals surface area contributed by atoms with Crippen LogP contribution in [0, 0.1) is 0 Å². The molecule has 1 aromatic rings. The lowest BCUT2D eigenvalue weighted by molar-refractivity contribution is -0.139. The molecule has 1 heterocycles. The fourth-order valence-corrected chi connectivity index (χ4v) is 2.14. The van der Waals surface area contributed by atoms with Gasteiger partial charge in [0.25, 0.3) is 15.9 Å². The van der Waals surface area contributed by atoms with Crippen LogP contribution in [0.25, 0.3) is 0 Å². The summed E-state index contributed by atoms with van der Waals surface area (Å²) in [5.41, 5.74) is -0.0508. The zero-order valence-corrected chi connectivity index (χ0v) is 12.1. The van der Waals surface area contributed by atoms with Crippen molar-refractivity contribution in [3.8, 4) is 0 Å². The van der Waals surface area contributed by atoms with Gasteiger partial charge >= 0.3 is 5.97 Å². The standard InChI is InChI=1S/C11H16N2O6S/c1-4-8(11(15)16)12-10(14)7-5-9(19-6-7)20(17,18)13(2)3/h5-6,8H,4H2,1-3H3,(H,12,14)(H,15,16). The molecule has 9 heteroatoms. The normalized spacial score (nSPS) is 13.2. The molecule has 112 valence electrons. The molecule has 0 spiro atoms. The number of nitrogens with one attached hydrogen (secondary N) is 1. The van der Waals surface area contributed by atoms with Crippen LogP contribution in [0.1, 0.15) is 23.7 Å². The molecule has 0 radical (unpaired) electrons. The predicted molar refractivity (Wildman–Crippen MR) is 68.8 cm³/mol. The molecule has 0 aromatic carbocycles. The van der Waals surface area contributed by atoms with Gasteiger partial charge in [-0.15, -0.1) is 0 Å². The minimum absolute atomic E-state index is 0.0508. The van der Waals surface area contributed by atoms with E-state index in [-0.39, 0.29) is 17.1 Å². The zero-order valence-electron chi connectivity index (χ0n) is 11.3. The van der Waals surface area contributed by atoms with Crippen LogP contribution in [0.15, 0.2) is 21.8 Å². The Morgan fingerprint density at radius 3 is 2.50 bits per heavy atom. The highest BCUT2D eigenvalue weighted by Gasteiger charge is 2.25. The third-order valence-corrected chi connectivity index (χ3v) is 4.27. The molecule has 0 saturated carbocycles. The van der Waals surface area contributed by atoms with E-state index in [1.54, 1.807) is 6.92 Å². The number of carboxylic acids is 1. The SMILES string of the molecule is CCC(NC(=O)c1coc(S(=O)(=O)N(C)C)c1)C(=O)O. The first kappa shape index (κ1) is 16.2. The fraction of sp³-hybridized carbons (Fsp3) is 0.455. The van der Waals surface area contributed by atoms with Crippen molar-refractivity contribution in [2.75, 3.05) is 14.1 Å². The van der Waals surface area contributed by atoms with Crippen LogP contribution in [0.5, 0.6) is 0 Å². The van der Waals surface area contributed by atoms with E-state index in [0.29, 0.717) is 0 Å². The van der Waals surface area contributed by atoms with E-state index < -0.39 is 27.9 Å². The molecule has 2 N–H and O–H groups in total. The second kappa shape index (κ2) is 6.06. The van der Waals surface area contributed by atoms with Crippen LogP contribution >= 0.6 is 0 Å². The molecular formula is C11H16N2O6S. The zero-order chi connectivity index (χ0) is 15.5. The highest BCUT2D eigenvalue weighted by Crippen LogP contribution is 2.16. The summed E-state index contributed by atoms with van der Waals surface area (Å²) in [5, 5.41) is 10.7. The Kier molecular flexibility index (Phi) is 4.90. The van der Waals surface area contributed by atoms with Gasteiger partial charge in [0, 0.05) is 20.2 Å². The van der Waals surface area contributed by atoms with Gasteiger partial charge in [-0.3, -0.25) is 4.79 Å². The van der Waals surface area contributed by atoms with E-state index >= 15 is 0 Å². The molecule has 1 aromatic heterocycles. The highest BCUT2D eigenvalue weighted by atomic mass is 32.2. The summed E-state index contributed by atoms with van der Waals surface area (Å²) < 4.78 is 29.3. The lowest BCUT2D eigenvalue weighted by Gasteiger charge is -2.10. The number of hydrogen-bond donors (Lipinski definition) is 2. The first-order valence-electron chi connectivity index (χ1n) is 5.74. The van der Waals surface area contributed by atoms with E-state index in [1.807, 2.05) is 0 Å². The molecule has 1 atom stereocenters. The summed E-state index contributed by atoms with van der Waals surface area (Å²) in [6.45, 7) is 1.61. The van der Waals surface area contributed by atoms with Gasteiger partial charge in [0.05, 0.1) is 5.56 Å². The first-order chi connectivity index (χ1) is 9.20. The van der Waals surface area contributed by atoms with Crippen molar-refractivity contribution in [3.05, 3.63) is 17.9 Å². The molecule has 0 fully saturated rings. The van der Waals surface area contributed by atoms with Crippen molar-refractivity contribution in [2.45, 2.75) is 24.5 Å². The van der Waals surface area contributed by atoms with Crippen molar-refractivity contribution in [2.24, 2.45) is 0 Å². The lowest BCUT2D eigenvalue weighted by atomic mass is 10.2. The molecule has 0 saturated heterocycles. The minimum atomic E-state index is -3.77.